The van der Waals surface area contributed by atoms with E-state index in [2.05, 4.69) is 6.58 Å². The van der Waals surface area contributed by atoms with Crippen molar-refractivity contribution in [1.82, 2.24) is 0 Å². The molecule has 0 aliphatic rings. The first-order valence-electron chi connectivity index (χ1n) is 5.00. The topological polar surface area (TPSA) is 49.8 Å². The molecule has 1 aromatic carbocycles. The molecular weight excluding hydrogens is 378 g/mol. The lowest BCUT2D eigenvalue weighted by atomic mass is 10.1. The standard InChI is InChI=1S/C11H11F3INO3/c1-7(2)6-19-8-3-4-10(16(18)15-17)9(5-8)11(12,13)14/h3-5,18H,1,6H2,2H3. The third-order valence-corrected chi connectivity index (χ3v) is 2.92. The molecule has 1 N–H and O–H groups in total. The van der Waals surface area contributed by atoms with Crippen LogP contribution in [0.3, 0.4) is 0 Å². The number of ether oxygens (including phenoxy) is 1. The quantitative estimate of drug-likeness (QED) is 0.357. The second kappa shape index (κ2) is 6.33. The number of benzene rings is 1. The van der Waals surface area contributed by atoms with E-state index >= 15 is 0 Å². The van der Waals surface area contributed by atoms with Crippen molar-refractivity contribution in [3.05, 3.63) is 35.9 Å². The fourth-order valence-corrected chi connectivity index (χ4v) is 1.87. The number of alkyl halides is 3. The van der Waals surface area contributed by atoms with Crippen molar-refractivity contribution in [3.8, 4) is 5.75 Å². The van der Waals surface area contributed by atoms with E-state index in [0.717, 1.165) is 12.1 Å². The monoisotopic (exact) mass is 389 g/mol. The summed E-state index contributed by atoms with van der Waals surface area (Å²) >= 11 is -2.14. The smallest absolute Gasteiger partial charge is 0.418 e. The van der Waals surface area contributed by atoms with Gasteiger partial charge in [-0.2, -0.15) is 16.4 Å². The predicted octanol–water partition coefficient (Wildman–Crippen LogP) is 4.09. The third kappa shape index (κ3) is 4.46. The lowest BCUT2D eigenvalue weighted by Gasteiger charge is -2.17. The van der Waals surface area contributed by atoms with Crippen LogP contribution in [0.25, 0.3) is 0 Å². The Morgan fingerprint density at radius 1 is 1.53 bits per heavy atom. The minimum atomic E-state index is -4.68. The van der Waals surface area contributed by atoms with Gasteiger partial charge in [0.2, 0.25) is 0 Å². The first kappa shape index (κ1) is 15.9. The van der Waals surface area contributed by atoms with Gasteiger partial charge in [0.05, 0.1) is 11.3 Å². The highest BCUT2D eigenvalue weighted by Crippen LogP contribution is 2.39. The molecule has 0 unspecified atom stereocenters. The lowest BCUT2D eigenvalue weighted by Crippen LogP contribution is -2.13. The number of nitrogens with zero attached hydrogens (tertiary/aromatic N) is 1. The van der Waals surface area contributed by atoms with Gasteiger partial charge in [0.25, 0.3) is 21.5 Å². The van der Waals surface area contributed by atoms with Gasteiger partial charge >= 0.3 is 6.18 Å². The highest BCUT2D eigenvalue weighted by Gasteiger charge is 2.35. The van der Waals surface area contributed by atoms with Crippen LogP contribution in [0.1, 0.15) is 12.5 Å². The van der Waals surface area contributed by atoms with Crippen LogP contribution >= 0.6 is 21.5 Å². The number of anilines is 1. The molecule has 0 spiro atoms. The Hall–Kier alpha value is -1.16. The van der Waals surface area contributed by atoms with Gasteiger partial charge in [-0.15, -0.1) is 0 Å². The molecule has 0 saturated carbocycles. The van der Waals surface area contributed by atoms with Crippen molar-refractivity contribution in [3.63, 3.8) is 0 Å². The predicted molar refractivity (Wildman–Crippen MR) is 70.7 cm³/mol. The van der Waals surface area contributed by atoms with Crippen molar-refractivity contribution in [2.45, 2.75) is 13.1 Å². The van der Waals surface area contributed by atoms with Gasteiger partial charge in [-0.25, -0.2) is 3.07 Å². The summed E-state index contributed by atoms with van der Waals surface area (Å²) in [6, 6.07) is 3.02. The maximum atomic E-state index is 12.8. The molecular formula is C11H11F3INO3. The molecule has 1 aromatic rings. The van der Waals surface area contributed by atoms with Gasteiger partial charge in [-0.05, 0) is 30.7 Å². The van der Waals surface area contributed by atoms with E-state index < -0.39 is 38.9 Å². The Balaban J connectivity index is 3.15. The molecule has 0 bridgehead atoms. The highest BCUT2D eigenvalue weighted by atomic mass is 127. The van der Waals surface area contributed by atoms with Crippen molar-refractivity contribution < 1.29 is 26.2 Å². The molecule has 0 aliphatic heterocycles. The van der Waals surface area contributed by atoms with Crippen LogP contribution in [-0.2, 0) is 9.25 Å². The number of hydrogen-bond donors (Lipinski definition) is 1. The van der Waals surface area contributed by atoms with Crippen LogP contribution < -0.4 is 8.01 Å². The average Bonchev–Trinajstić information content (AvgIpc) is 2.34. The summed E-state index contributed by atoms with van der Waals surface area (Å²) < 4.78 is 54.3. The molecule has 0 fully saturated rings. The lowest BCUT2D eigenvalue weighted by molar-refractivity contribution is -0.137. The van der Waals surface area contributed by atoms with E-state index in [9.17, 15) is 21.4 Å². The molecule has 0 heterocycles. The van der Waals surface area contributed by atoms with Crippen molar-refractivity contribution in [2.75, 3.05) is 9.88 Å². The first-order valence-corrected chi connectivity index (χ1v) is 6.85. The normalized spacial score (nSPS) is 11.2. The Labute approximate surface area is 118 Å². The minimum Gasteiger partial charge on any atom is -0.489 e. The Morgan fingerprint density at radius 2 is 2.16 bits per heavy atom. The summed E-state index contributed by atoms with van der Waals surface area (Å²) in [4.78, 5) is 0. The van der Waals surface area contributed by atoms with E-state index in [0.29, 0.717) is 5.57 Å². The third-order valence-electron chi connectivity index (χ3n) is 2.02. The van der Waals surface area contributed by atoms with Crippen LogP contribution in [0.4, 0.5) is 18.9 Å². The summed E-state index contributed by atoms with van der Waals surface area (Å²) in [6.45, 7) is 5.34. The number of hydrogen-bond acceptors (Lipinski definition) is 3. The average molecular weight is 389 g/mol. The zero-order valence-corrected chi connectivity index (χ0v) is 12.0. The van der Waals surface area contributed by atoms with Crippen molar-refractivity contribution in [1.29, 1.82) is 0 Å². The van der Waals surface area contributed by atoms with Crippen molar-refractivity contribution >= 4 is 27.2 Å². The second-order valence-electron chi connectivity index (χ2n) is 3.75. The van der Waals surface area contributed by atoms with Gasteiger partial charge in [0.15, 0.2) is 0 Å². The maximum Gasteiger partial charge on any atom is 0.418 e. The van der Waals surface area contributed by atoms with Crippen LogP contribution in [0, 0.1) is 0 Å². The van der Waals surface area contributed by atoms with Gasteiger partial charge in [-0.1, -0.05) is 6.58 Å². The molecule has 106 valence electrons. The van der Waals surface area contributed by atoms with Gasteiger partial charge < -0.3 is 4.74 Å². The summed E-state index contributed by atoms with van der Waals surface area (Å²) in [6.07, 6.45) is -4.68. The maximum absolute atomic E-state index is 12.8. The highest BCUT2D eigenvalue weighted by molar-refractivity contribution is 14.1. The number of halogens is 4. The summed E-state index contributed by atoms with van der Waals surface area (Å²) in [5.74, 6) is -0.00317. The SMILES string of the molecule is C=C(C)COc1ccc(N(O)I=O)c(C(F)(F)F)c1. The van der Waals surface area contributed by atoms with Gasteiger partial charge in [-0.3, -0.25) is 5.21 Å². The van der Waals surface area contributed by atoms with E-state index in [1.165, 1.54) is 6.07 Å². The molecule has 0 amide bonds. The fraction of sp³-hybridized carbons (Fsp3) is 0.273. The molecule has 0 saturated heterocycles. The molecule has 0 atom stereocenters. The molecule has 0 aliphatic carbocycles. The first-order chi connectivity index (χ1) is 8.75. The summed E-state index contributed by atoms with van der Waals surface area (Å²) in [5.41, 5.74) is -1.01. The van der Waals surface area contributed by atoms with Crippen LogP contribution in [-0.4, -0.2) is 11.8 Å². The molecule has 1 rings (SSSR count). The molecule has 8 heteroatoms. The van der Waals surface area contributed by atoms with E-state index in [4.69, 9.17) is 4.74 Å². The molecule has 0 aromatic heterocycles. The van der Waals surface area contributed by atoms with Crippen LogP contribution in [0.5, 0.6) is 5.75 Å². The van der Waals surface area contributed by atoms with E-state index in [1.807, 2.05) is 0 Å². The Kier molecular flexibility index (Phi) is 5.29. The second-order valence-corrected chi connectivity index (χ2v) is 5.06. The zero-order chi connectivity index (χ0) is 14.6. The number of rotatable bonds is 5. The molecule has 19 heavy (non-hydrogen) atoms. The Morgan fingerprint density at radius 3 is 2.63 bits per heavy atom. The van der Waals surface area contributed by atoms with E-state index in [-0.39, 0.29) is 15.6 Å². The minimum absolute atomic E-state index is 0.00317. The molecule has 0 radical (unpaired) electrons. The zero-order valence-electron chi connectivity index (χ0n) is 9.87. The van der Waals surface area contributed by atoms with Crippen LogP contribution in [0.15, 0.2) is 30.4 Å². The summed E-state index contributed by atoms with van der Waals surface area (Å²) in [7, 11) is 0. The van der Waals surface area contributed by atoms with Gasteiger partial charge in [0, 0.05) is 0 Å². The van der Waals surface area contributed by atoms with Gasteiger partial charge in [0.1, 0.15) is 12.4 Å². The van der Waals surface area contributed by atoms with Crippen molar-refractivity contribution in [2.24, 2.45) is 0 Å². The van der Waals surface area contributed by atoms with Crippen LogP contribution in [0.2, 0.25) is 0 Å². The fourth-order valence-electron chi connectivity index (χ4n) is 1.24. The Bertz CT molecular complexity index is 491. The molecule has 4 nitrogen and oxygen atoms in total. The van der Waals surface area contributed by atoms with E-state index in [1.54, 1.807) is 6.92 Å². The summed E-state index contributed by atoms with van der Waals surface area (Å²) in [5, 5.41) is 9.20. The largest absolute Gasteiger partial charge is 0.489 e.